The van der Waals surface area contributed by atoms with Crippen molar-refractivity contribution in [3.8, 4) is 0 Å². The van der Waals surface area contributed by atoms with E-state index in [2.05, 4.69) is 48.4 Å². The standard InChI is InChI=1S/C17H22N2S/c1-3-12-18-16(4-2)14-8-10-15(11-9-14)20-17-7-5-6-13-19-17/h5-11,13,16,18H,3-4,12H2,1-2H3. The maximum atomic E-state index is 4.34. The van der Waals surface area contributed by atoms with Gasteiger partial charge in [0.25, 0.3) is 0 Å². The Kier molecular flexibility index (Phi) is 6.09. The molecule has 1 unspecified atom stereocenters. The van der Waals surface area contributed by atoms with E-state index in [9.17, 15) is 0 Å². The molecule has 0 spiro atoms. The van der Waals surface area contributed by atoms with E-state index in [1.54, 1.807) is 11.8 Å². The highest BCUT2D eigenvalue weighted by Gasteiger charge is 2.08. The van der Waals surface area contributed by atoms with Crippen molar-refractivity contribution >= 4 is 11.8 Å². The highest BCUT2D eigenvalue weighted by Crippen LogP contribution is 2.27. The molecule has 0 radical (unpaired) electrons. The summed E-state index contributed by atoms with van der Waals surface area (Å²) in [5.74, 6) is 0. The third kappa shape index (κ3) is 4.36. The molecule has 0 aliphatic heterocycles. The summed E-state index contributed by atoms with van der Waals surface area (Å²) in [5.41, 5.74) is 1.37. The van der Waals surface area contributed by atoms with E-state index in [0.717, 1.165) is 18.0 Å². The lowest BCUT2D eigenvalue weighted by molar-refractivity contribution is 0.518. The van der Waals surface area contributed by atoms with Gasteiger partial charge in [0.2, 0.25) is 0 Å². The second-order valence-corrected chi connectivity index (χ2v) is 5.85. The number of aromatic nitrogens is 1. The van der Waals surface area contributed by atoms with Crippen molar-refractivity contribution in [2.24, 2.45) is 0 Å². The summed E-state index contributed by atoms with van der Waals surface area (Å²) in [5, 5.41) is 4.62. The summed E-state index contributed by atoms with van der Waals surface area (Å²) in [4.78, 5) is 5.57. The fourth-order valence-corrected chi connectivity index (χ4v) is 2.89. The van der Waals surface area contributed by atoms with Crippen LogP contribution < -0.4 is 5.32 Å². The van der Waals surface area contributed by atoms with Gasteiger partial charge in [0.1, 0.15) is 5.03 Å². The predicted octanol–water partition coefficient (Wildman–Crippen LogP) is 4.68. The summed E-state index contributed by atoms with van der Waals surface area (Å²) in [7, 11) is 0. The zero-order valence-electron chi connectivity index (χ0n) is 12.2. The minimum absolute atomic E-state index is 0.462. The van der Waals surface area contributed by atoms with Gasteiger partial charge < -0.3 is 5.32 Å². The average Bonchev–Trinajstić information content (AvgIpc) is 2.50. The Morgan fingerprint density at radius 2 is 1.90 bits per heavy atom. The lowest BCUT2D eigenvalue weighted by atomic mass is 10.0. The number of hydrogen-bond acceptors (Lipinski definition) is 3. The fraction of sp³-hybridized carbons (Fsp3) is 0.353. The highest BCUT2D eigenvalue weighted by molar-refractivity contribution is 7.99. The van der Waals surface area contributed by atoms with Gasteiger partial charge in [0.05, 0.1) is 0 Å². The molecule has 106 valence electrons. The van der Waals surface area contributed by atoms with Crippen LogP contribution in [0.2, 0.25) is 0 Å². The van der Waals surface area contributed by atoms with E-state index in [1.165, 1.54) is 16.9 Å². The molecule has 0 fully saturated rings. The molecule has 1 atom stereocenters. The minimum Gasteiger partial charge on any atom is -0.310 e. The lowest BCUT2D eigenvalue weighted by Crippen LogP contribution is -2.21. The third-order valence-electron chi connectivity index (χ3n) is 3.19. The Hall–Kier alpha value is -1.32. The molecule has 2 aromatic rings. The average molecular weight is 286 g/mol. The van der Waals surface area contributed by atoms with Crippen LogP contribution in [0.25, 0.3) is 0 Å². The number of rotatable bonds is 7. The molecule has 0 bridgehead atoms. The molecule has 2 nitrogen and oxygen atoms in total. The molecule has 0 aliphatic carbocycles. The maximum absolute atomic E-state index is 4.34. The first-order valence-corrected chi connectivity index (χ1v) is 8.07. The number of nitrogens with one attached hydrogen (secondary N) is 1. The molecule has 0 saturated carbocycles. The molecule has 0 saturated heterocycles. The van der Waals surface area contributed by atoms with Crippen LogP contribution in [-0.4, -0.2) is 11.5 Å². The van der Waals surface area contributed by atoms with Gasteiger partial charge in [-0.05, 0) is 49.2 Å². The van der Waals surface area contributed by atoms with Crippen LogP contribution in [0, 0.1) is 0 Å². The van der Waals surface area contributed by atoms with E-state index in [0.29, 0.717) is 6.04 Å². The maximum Gasteiger partial charge on any atom is 0.101 e. The van der Waals surface area contributed by atoms with Gasteiger partial charge in [-0.3, -0.25) is 0 Å². The zero-order valence-corrected chi connectivity index (χ0v) is 13.0. The summed E-state index contributed by atoms with van der Waals surface area (Å²) < 4.78 is 0. The smallest absolute Gasteiger partial charge is 0.101 e. The van der Waals surface area contributed by atoms with Crippen LogP contribution in [0.1, 0.15) is 38.3 Å². The summed E-state index contributed by atoms with van der Waals surface area (Å²) in [6.45, 7) is 5.50. The second-order valence-electron chi connectivity index (χ2n) is 4.75. The van der Waals surface area contributed by atoms with Crippen LogP contribution >= 0.6 is 11.8 Å². The van der Waals surface area contributed by atoms with Crippen LogP contribution in [0.4, 0.5) is 0 Å². The molecule has 1 aromatic carbocycles. The normalized spacial score (nSPS) is 12.3. The van der Waals surface area contributed by atoms with Gasteiger partial charge in [-0.25, -0.2) is 4.98 Å². The van der Waals surface area contributed by atoms with Crippen molar-refractivity contribution in [2.45, 2.75) is 42.7 Å². The number of nitrogens with zero attached hydrogens (tertiary/aromatic N) is 1. The molecular weight excluding hydrogens is 264 g/mol. The molecule has 1 heterocycles. The summed E-state index contributed by atoms with van der Waals surface area (Å²) in [6.07, 6.45) is 4.12. The number of pyridine rings is 1. The summed E-state index contributed by atoms with van der Waals surface area (Å²) in [6, 6.07) is 15.3. The van der Waals surface area contributed by atoms with Crippen LogP contribution in [-0.2, 0) is 0 Å². The van der Waals surface area contributed by atoms with Gasteiger partial charge >= 0.3 is 0 Å². The zero-order chi connectivity index (χ0) is 14.2. The largest absolute Gasteiger partial charge is 0.310 e. The van der Waals surface area contributed by atoms with Gasteiger partial charge in [-0.2, -0.15) is 0 Å². The first kappa shape index (κ1) is 15.1. The molecule has 1 N–H and O–H groups in total. The van der Waals surface area contributed by atoms with Crippen molar-refractivity contribution in [3.63, 3.8) is 0 Å². The number of benzene rings is 1. The molecule has 2 rings (SSSR count). The van der Waals surface area contributed by atoms with E-state index in [1.807, 2.05) is 24.4 Å². The van der Waals surface area contributed by atoms with Crippen LogP contribution in [0.3, 0.4) is 0 Å². The topological polar surface area (TPSA) is 24.9 Å². The van der Waals surface area contributed by atoms with Crippen LogP contribution in [0.5, 0.6) is 0 Å². The van der Waals surface area contributed by atoms with E-state index in [-0.39, 0.29) is 0 Å². The predicted molar refractivity (Wildman–Crippen MR) is 86.1 cm³/mol. The van der Waals surface area contributed by atoms with Crippen molar-refractivity contribution in [1.82, 2.24) is 10.3 Å². The van der Waals surface area contributed by atoms with Crippen molar-refractivity contribution in [2.75, 3.05) is 6.54 Å². The Bertz CT molecular complexity index is 496. The highest BCUT2D eigenvalue weighted by atomic mass is 32.2. The van der Waals surface area contributed by atoms with Gasteiger partial charge in [0, 0.05) is 17.1 Å². The quantitative estimate of drug-likeness (QED) is 0.799. The molecule has 0 aliphatic rings. The molecule has 3 heteroatoms. The Balaban J connectivity index is 2.02. The summed E-state index contributed by atoms with van der Waals surface area (Å²) >= 11 is 1.70. The fourth-order valence-electron chi connectivity index (χ4n) is 2.11. The first-order valence-electron chi connectivity index (χ1n) is 7.25. The minimum atomic E-state index is 0.462. The molecule has 0 amide bonds. The van der Waals surface area contributed by atoms with E-state index < -0.39 is 0 Å². The van der Waals surface area contributed by atoms with E-state index >= 15 is 0 Å². The molecule has 1 aromatic heterocycles. The number of hydrogen-bond donors (Lipinski definition) is 1. The van der Waals surface area contributed by atoms with Crippen LogP contribution in [0.15, 0.2) is 58.6 Å². The van der Waals surface area contributed by atoms with Gasteiger partial charge in [-0.15, -0.1) is 0 Å². The molecular formula is C17H22N2S. The van der Waals surface area contributed by atoms with Gasteiger partial charge in [-0.1, -0.05) is 43.8 Å². The Labute approximate surface area is 126 Å². The molecule has 20 heavy (non-hydrogen) atoms. The monoisotopic (exact) mass is 286 g/mol. The lowest BCUT2D eigenvalue weighted by Gasteiger charge is -2.17. The van der Waals surface area contributed by atoms with Crippen molar-refractivity contribution in [3.05, 3.63) is 54.2 Å². The van der Waals surface area contributed by atoms with Crippen molar-refractivity contribution in [1.29, 1.82) is 0 Å². The van der Waals surface area contributed by atoms with Crippen molar-refractivity contribution < 1.29 is 0 Å². The second kappa shape index (κ2) is 8.08. The Morgan fingerprint density at radius 1 is 1.10 bits per heavy atom. The van der Waals surface area contributed by atoms with E-state index in [4.69, 9.17) is 0 Å². The SMILES string of the molecule is CCCNC(CC)c1ccc(Sc2ccccn2)cc1. The first-order chi connectivity index (χ1) is 9.83. The Morgan fingerprint density at radius 3 is 2.50 bits per heavy atom. The van der Waals surface area contributed by atoms with Gasteiger partial charge in [0.15, 0.2) is 0 Å². The third-order valence-corrected chi connectivity index (χ3v) is 4.15.